The van der Waals surface area contributed by atoms with Crippen molar-refractivity contribution in [1.29, 1.82) is 0 Å². The maximum atomic E-state index is 14.8. The summed E-state index contributed by atoms with van der Waals surface area (Å²) in [7, 11) is 3.02. The van der Waals surface area contributed by atoms with Gasteiger partial charge in [0.15, 0.2) is 16.6 Å². The van der Waals surface area contributed by atoms with Gasteiger partial charge < -0.3 is 19.5 Å². The van der Waals surface area contributed by atoms with Crippen LogP contribution in [0.1, 0.15) is 6.42 Å². The first-order chi connectivity index (χ1) is 17.3. The smallest absolute Gasteiger partial charge is 0.256 e. The lowest BCUT2D eigenvalue weighted by atomic mass is 10.0. The molecule has 0 spiro atoms. The fourth-order valence-electron chi connectivity index (χ4n) is 3.50. The van der Waals surface area contributed by atoms with E-state index in [2.05, 4.69) is 15.6 Å². The first-order valence-corrected chi connectivity index (χ1v) is 11.0. The average molecular weight is 516 g/mol. The van der Waals surface area contributed by atoms with Crippen LogP contribution in [-0.4, -0.2) is 36.4 Å². The monoisotopic (exact) mass is 515 g/mol. The van der Waals surface area contributed by atoms with Crippen LogP contribution in [0.5, 0.6) is 23.0 Å². The van der Waals surface area contributed by atoms with Crippen molar-refractivity contribution in [3.63, 3.8) is 0 Å². The highest BCUT2D eigenvalue weighted by Crippen LogP contribution is 2.37. The van der Waals surface area contributed by atoms with Gasteiger partial charge in [0.25, 0.3) is 5.91 Å². The summed E-state index contributed by atoms with van der Waals surface area (Å²) in [6, 6.07) is 9.03. The van der Waals surface area contributed by atoms with Crippen LogP contribution in [0.25, 0.3) is 10.9 Å². The lowest BCUT2D eigenvalue weighted by Crippen LogP contribution is -2.37. The number of nitrogens with zero attached hydrogens (tertiary/aromatic N) is 1. The fraction of sp³-hybridized carbons (Fsp3) is 0.160. The number of alkyl halides is 1. The Labute approximate surface area is 209 Å². The second-order valence-corrected chi connectivity index (χ2v) is 8.00. The topological polar surface area (TPSA) is 81.7 Å². The van der Waals surface area contributed by atoms with E-state index < -0.39 is 30.1 Å². The van der Waals surface area contributed by atoms with Crippen LogP contribution >= 0.6 is 12.2 Å². The molecular weight excluding hydrogens is 495 g/mol. The molecule has 1 aromatic heterocycles. The molecule has 1 aliphatic carbocycles. The maximum Gasteiger partial charge on any atom is 0.256 e. The normalized spacial score (nSPS) is 15.0. The Balaban J connectivity index is 1.47. The van der Waals surface area contributed by atoms with Crippen LogP contribution in [0.2, 0.25) is 0 Å². The lowest BCUT2D eigenvalue weighted by Gasteiger charge is -2.16. The standard InChI is InChI=1S/C25H20F3N3O4S/c1-33-22-11-16-20(12-23(22)34-2)29-8-7-21(16)35-14-4-6-19(18(28)10-14)30-25(36)31-24(32)15-5-3-13(26)9-17(15)27/h3-8,10-12,17H,9H2,1-2H3,(H2,30,31,32,36). The number of anilines is 1. The number of ether oxygens (including phenoxy) is 3. The molecule has 0 saturated carbocycles. The molecule has 0 radical (unpaired) electrons. The van der Waals surface area contributed by atoms with E-state index in [-0.39, 0.29) is 22.1 Å². The first-order valence-electron chi connectivity index (χ1n) is 10.6. The summed E-state index contributed by atoms with van der Waals surface area (Å²) in [5.41, 5.74) is 0.273. The number of fused-ring (bicyclic) bond motifs is 1. The third-order valence-electron chi connectivity index (χ3n) is 5.27. The third kappa shape index (κ3) is 5.41. The Morgan fingerprint density at radius 1 is 1.06 bits per heavy atom. The summed E-state index contributed by atoms with van der Waals surface area (Å²) in [6.45, 7) is 0. The molecule has 2 N–H and O–H groups in total. The molecule has 7 nitrogen and oxygen atoms in total. The number of aromatic nitrogens is 1. The van der Waals surface area contributed by atoms with Crippen LogP contribution in [0.4, 0.5) is 18.9 Å². The molecule has 4 rings (SSSR count). The molecule has 3 aromatic rings. The minimum Gasteiger partial charge on any atom is -0.493 e. The molecule has 0 fully saturated rings. The van der Waals surface area contributed by atoms with Gasteiger partial charge in [-0.2, -0.15) is 0 Å². The number of hydrogen-bond acceptors (Lipinski definition) is 6. The minimum absolute atomic E-state index is 0.0426. The van der Waals surface area contributed by atoms with Crippen LogP contribution in [0.3, 0.4) is 0 Å². The zero-order chi connectivity index (χ0) is 25.8. The van der Waals surface area contributed by atoms with Gasteiger partial charge in [-0.1, -0.05) is 0 Å². The van der Waals surface area contributed by atoms with Gasteiger partial charge >= 0.3 is 0 Å². The second-order valence-electron chi connectivity index (χ2n) is 7.59. The van der Waals surface area contributed by atoms with Crippen molar-refractivity contribution in [1.82, 2.24) is 10.3 Å². The number of carbonyl (C=O) groups is 1. The van der Waals surface area contributed by atoms with Crippen molar-refractivity contribution in [3.05, 3.63) is 72.0 Å². The van der Waals surface area contributed by atoms with Gasteiger partial charge in [-0.15, -0.1) is 0 Å². The van der Waals surface area contributed by atoms with Gasteiger partial charge in [-0.25, -0.2) is 13.2 Å². The molecular formula is C25H20F3N3O4S. The van der Waals surface area contributed by atoms with Crippen molar-refractivity contribution >= 4 is 39.8 Å². The Morgan fingerprint density at radius 3 is 2.50 bits per heavy atom. The Morgan fingerprint density at radius 2 is 1.81 bits per heavy atom. The molecule has 1 unspecified atom stereocenters. The lowest BCUT2D eigenvalue weighted by molar-refractivity contribution is -0.116. The van der Waals surface area contributed by atoms with Crippen molar-refractivity contribution in [3.8, 4) is 23.0 Å². The van der Waals surface area contributed by atoms with E-state index in [1.54, 1.807) is 24.4 Å². The number of thiocarbonyl (C=S) groups is 1. The van der Waals surface area contributed by atoms with Crippen LogP contribution in [0, 0.1) is 5.82 Å². The van der Waals surface area contributed by atoms with E-state index in [0.29, 0.717) is 28.2 Å². The Kier molecular flexibility index (Phi) is 7.39. The molecule has 0 saturated heterocycles. The van der Waals surface area contributed by atoms with Gasteiger partial charge in [-0.05, 0) is 48.6 Å². The van der Waals surface area contributed by atoms with Crippen LogP contribution in [0.15, 0.2) is 66.1 Å². The van der Waals surface area contributed by atoms with E-state index in [9.17, 15) is 18.0 Å². The van der Waals surface area contributed by atoms with Crippen molar-refractivity contribution < 1.29 is 32.2 Å². The van der Waals surface area contributed by atoms with Gasteiger partial charge in [-0.3, -0.25) is 15.1 Å². The summed E-state index contributed by atoms with van der Waals surface area (Å²) in [4.78, 5) is 16.5. The van der Waals surface area contributed by atoms with E-state index in [4.69, 9.17) is 26.4 Å². The van der Waals surface area contributed by atoms with E-state index in [1.807, 2.05) is 0 Å². The number of methoxy groups -OCH3 is 2. The predicted molar refractivity (Wildman–Crippen MR) is 132 cm³/mol. The fourth-order valence-corrected chi connectivity index (χ4v) is 3.71. The van der Waals surface area contributed by atoms with E-state index in [0.717, 1.165) is 18.2 Å². The summed E-state index contributed by atoms with van der Waals surface area (Å²) >= 11 is 5.03. The molecule has 1 heterocycles. The van der Waals surface area contributed by atoms with E-state index >= 15 is 0 Å². The molecule has 1 amide bonds. The Bertz CT molecular complexity index is 1410. The van der Waals surface area contributed by atoms with Crippen LogP contribution in [-0.2, 0) is 4.79 Å². The van der Waals surface area contributed by atoms with Crippen molar-refractivity contribution in [2.45, 2.75) is 12.6 Å². The number of rotatable bonds is 6. The predicted octanol–water partition coefficient (Wildman–Crippen LogP) is 5.52. The third-order valence-corrected chi connectivity index (χ3v) is 5.47. The Hall–Kier alpha value is -4.12. The highest BCUT2D eigenvalue weighted by atomic mass is 32.1. The summed E-state index contributed by atoms with van der Waals surface area (Å²) in [5, 5.41) is 5.17. The average Bonchev–Trinajstić information content (AvgIpc) is 2.84. The van der Waals surface area contributed by atoms with Crippen LogP contribution < -0.4 is 24.8 Å². The van der Waals surface area contributed by atoms with Crippen molar-refractivity contribution in [2.24, 2.45) is 0 Å². The highest BCUT2D eigenvalue weighted by molar-refractivity contribution is 7.80. The SMILES string of the molecule is COc1cc2nccc(Oc3ccc(NC(=S)NC(=O)C4=CC=C(F)CC4F)c(F)c3)c2cc1OC. The zero-order valence-electron chi connectivity index (χ0n) is 19.1. The minimum atomic E-state index is -1.80. The number of pyridine rings is 1. The summed E-state index contributed by atoms with van der Waals surface area (Å²) < 4.78 is 58.3. The zero-order valence-corrected chi connectivity index (χ0v) is 19.9. The highest BCUT2D eigenvalue weighted by Gasteiger charge is 2.25. The first kappa shape index (κ1) is 25.0. The second kappa shape index (κ2) is 10.6. The number of carbonyl (C=O) groups excluding carboxylic acids is 1. The molecule has 0 aliphatic heterocycles. The molecule has 2 aromatic carbocycles. The van der Waals surface area contributed by atoms with Gasteiger partial charge in [0.05, 0.1) is 31.0 Å². The molecule has 1 aliphatic rings. The van der Waals surface area contributed by atoms with Gasteiger partial charge in [0, 0.05) is 30.1 Å². The van der Waals surface area contributed by atoms with Gasteiger partial charge in [0.1, 0.15) is 29.3 Å². The largest absolute Gasteiger partial charge is 0.493 e. The quantitative estimate of drug-likeness (QED) is 0.419. The molecule has 11 heteroatoms. The number of allylic oxidation sites excluding steroid dienone is 3. The summed E-state index contributed by atoms with van der Waals surface area (Å²) in [5.74, 6) is -0.638. The molecule has 1 atom stereocenters. The number of amides is 1. The van der Waals surface area contributed by atoms with E-state index in [1.165, 1.54) is 26.4 Å². The number of benzene rings is 2. The summed E-state index contributed by atoms with van der Waals surface area (Å²) in [6.07, 6.45) is 1.28. The number of nitrogens with one attached hydrogen (secondary N) is 2. The number of halogens is 3. The molecule has 0 bridgehead atoms. The molecule has 36 heavy (non-hydrogen) atoms. The number of hydrogen-bond donors (Lipinski definition) is 2. The van der Waals surface area contributed by atoms with Gasteiger partial charge in [0.2, 0.25) is 0 Å². The van der Waals surface area contributed by atoms with Crippen molar-refractivity contribution in [2.75, 3.05) is 19.5 Å². The maximum absolute atomic E-state index is 14.8. The molecule has 186 valence electrons.